The second-order valence-corrected chi connectivity index (χ2v) is 22.2. The monoisotopic (exact) mass is 887 g/mol. The van der Waals surface area contributed by atoms with E-state index in [1.807, 2.05) is 18.2 Å². The molecule has 1 aliphatic heterocycles. The first-order valence-corrected chi connectivity index (χ1v) is 24.4. The van der Waals surface area contributed by atoms with Gasteiger partial charge in [0.2, 0.25) is 0 Å². The summed E-state index contributed by atoms with van der Waals surface area (Å²) in [5, 5.41) is 11.0. The summed E-state index contributed by atoms with van der Waals surface area (Å²) in [4.78, 5) is 41.5. The van der Waals surface area contributed by atoms with Gasteiger partial charge in [0.15, 0.2) is 24.6 Å². The molecule has 6 aliphatic rings. The lowest BCUT2D eigenvalue weighted by Crippen LogP contribution is -2.67. The first-order chi connectivity index (χ1) is 31.1. The highest BCUT2D eigenvalue weighted by Crippen LogP contribution is 2.77. The minimum Gasteiger partial charge on any atom is -0.452 e. The topological polar surface area (TPSA) is 118 Å². The molecular formula is C56H70O9. The molecule has 9 nitrogen and oxygen atoms in total. The zero-order valence-electron chi connectivity index (χ0n) is 39.3. The van der Waals surface area contributed by atoms with Gasteiger partial charge in [0.25, 0.3) is 0 Å². The molecule has 1 heterocycles. The van der Waals surface area contributed by atoms with E-state index in [0.29, 0.717) is 46.3 Å². The Morgan fingerprint density at radius 3 is 1.78 bits per heavy atom. The normalized spacial score (nSPS) is 39.3. The maximum atomic E-state index is 14.0. The van der Waals surface area contributed by atoms with Crippen molar-refractivity contribution in [3.63, 3.8) is 0 Å². The van der Waals surface area contributed by atoms with E-state index in [4.69, 9.17) is 23.7 Å². The lowest BCUT2D eigenvalue weighted by molar-refractivity contribution is -0.310. The number of aliphatic hydroxyl groups is 1. The van der Waals surface area contributed by atoms with E-state index in [9.17, 15) is 19.5 Å². The highest BCUT2D eigenvalue weighted by Gasteiger charge is 2.71. The van der Waals surface area contributed by atoms with E-state index >= 15 is 0 Å². The van der Waals surface area contributed by atoms with Crippen molar-refractivity contribution in [1.82, 2.24) is 0 Å². The molecule has 9 heteroatoms. The zero-order valence-corrected chi connectivity index (χ0v) is 39.3. The van der Waals surface area contributed by atoms with Crippen LogP contribution in [0.3, 0.4) is 0 Å². The van der Waals surface area contributed by atoms with Crippen molar-refractivity contribution in [2.24, 2.45) is 56.7 Å². The first-order valence-electron chi connectivity index (χ1n) is 24.4. The number of carbonyl (C=O) groups is 3. The van der Waals surface area contributed by atoms with E-state index < -0.39 is 42.5 Å². The van der Waals surface area contributed by atoms with E-state index in [1.54, 1.807) is 72.8 Å². The Bertz CT molecular complexity index is 2230. The van der Waals surface area contributed by atoms with Crippen LogP contribution in [0, 0.1) is 56.7 Å². The van der Waals surface area contributed by atoms with Gasteiger partial charge in [-0.05, 0) is 164 Å². The largest absolute Gasteiger partial charge is 0.452 e. The third kappa shape index (κ3) is 7.69. The van der Waals surface area contributed by atoms with Crippen molar-refractivity contribution in [1.29, 1.82) is 0 Å². The number of rotatable bonds is 10. The minimum atomic E-state index is -1.28. The Kier molecular flexibility index (Phi) is 12.3. The molecule has 65 heavy (non-hydrogen) atoms. The van der Waals surface area contributed by atoms with Crippen molar-refractivity contribution in [2.45, 2.75) is 136 Å². The summed E-state index contributed by atoms with van der Waals surface area (Å²) in [5.41, 5.74) is 2.34. The summed E-state index contributed by atoms with van der Waals surface area (Å²) in [6, 6.07) is 25.9. The van der Waals surface area contributed by atoms with Gasteiger partial charge in [0.1, 0.15) is 0 Å². The highest BCUT2D eigenvalue weighted by molar-refractivity contribution is 5.91. The zero-order chi connectivity index (χ0) is 45.9. The number of benzene rings is 3. The lowest BCUT2D eigenvalue weighted by Gasteiger charge is -2.73. The molecule has 3 aromatic rings. The molecule has 0 unspecified atom stereocenters. The maximum Gasteiger partial charge on any atom is 0.338 e. The van der Waals surface area contributed by atoms with Gasteiger partial charge in [-0.25, -0.2) is 14.4 Å². The number of carbonyl (C=O) groups excluding carboxylic acids is 3. The predicted octanol–water partition coefficient (Wildman–Crippen LogP) is 11.1. The van der Waals surface area contributed by atoms with Crippen molar-refractivity contribution in [3.8, 4) is 0 Å². The van der Waals surface area contributed by atoms with E-state index in [1.165, 1.54) is 24.8 Å². The molecule has 9 rings (SSSR count). The third-order valence-electron chi connectivity index (χ3n) is 18.9. The van der Waals surface area contributed by atoms with Crippen molar-refractivity contribution in [3.05, 3.63) is 120 Å². The van der Waals surface area contributed by atoms with Crippen molar-refractivity contribution < 1.29 is 43.2 Å². The molecule has 5 saturated carbocycles. The molecular weight excluding hydrogens is 817 g/mol. The molecule has 1 saturated heterocycles. The van der Waals surface area contributed by atoms with Crippen LogP contribution in [0.5, 0.6) is 0 Å². The fourth-order valence-corrected chi connectivity index (χ4v) is 15.5. The van der Waals surface area contributed by atoms with Crippen LogP contribution in [0.4, 0.5) is 0 Å². The number of aliphatic hydroxyl groups excluding tert-OH is 1. The Hall–Kier alpha value is -4.31. The molecule has 3 aromatic carbocycles. The fraction of sp³-hybridized carbons (Fsp3) is 0.589. The first kappa shape index (κ1) is 45.8. The highest BCUT2D eigenvalue weighted by atomic mass is 16.7. The van der Waals surface area contributed by atoms with E-state index in [0.717, 1.165) is 44.9 Å². The average molecular weight is 887 g/mol. The Morgan fingerprint density at radius 1 is 0.646 bits per heavy atom. The fourth-order valence-electron chi connectivity index (χ4n) is 15.5. The molecule has 14 atom stereocenters. The number of allylic oxidation sites excluding steroid dienone is 1. The van der Waals surface area contributed by atoms with Crippen LogP contribution in [0.15, 0.2) is 103 Å². The van der Waals surface area contributed by atoms with Crippen molar-refractivity contribution in [2.75, 3.05) is 13.2 Å². The van der Waals surface area contributed by atoms with Gasteiger partial charge in [-0.3, -0.25) is 0 Å². The summed E-state index contributed by atoms with van der Waals surface area (Å²) in [6.45, 7) is 19.4. The van der Waals surface area contributed by atoms with Crippen molar-refractivity contribution >= 4 is 17.9 Å². The third-order valence-corrected chi connectivity index (χ3v) is 18.9. The quantitative estimate of drug-likeness (QED) is 0.0919. The van der Waals surface area contributed by atoms with Gasteiger partial charge in [-0.15, -0.1) is 0 Å². The number of ether oxygens (including phenoxy) is 5. The van der Waals surface area contributed by atoms with Crippen LogP contribution >= 0.6 is 0 Å². The molecule has 0 bridgehead atoms. The van der Waals surface area contributed by atoms with E-state index in [2.05, 4.69) is 48.1 Å². The molecule has 5 aliphatic carbocycles. The van der Waals surface area contributed by atoms with E-state index in [-0.39, 0.29) is 46.4 Å². The molecule has 0 aromatic heterocycles. The summed E-state index contributed by atoms with van der Waals surface area (Å²) in [7, 11) is 0. The van der Waals surface area contributed by atoms with Crippen LogP contribution in [0.2, 0.25) is 0 Å². The second kappa shape index (κ2) is 17.4. The molecule has 0 amide bonds. The number of fused-ring (bicyclic) bond motifs is 7. The van der Waals surface area contributed by atoms with Crippen LogP contribution in [-0.4, -0.2) is 66.9 Å². The lowest BCUT2D eigenvalue weighted by atomic mass is 9.32. The molecule has 6 fully saturated rings. The van der Waals surface area contributed by atoms with Gasteiger partial charge < -0.3 is 28.8 Å². The number of hydrogen-bond donors (Lipinski definition) is 1. The summed E-state index contributed by atoms with van der Waals surface area (Å²) in [5.74, 6) is 0.521. The average Bonchev–Trinajstić information content (AvgIpc) is 3.70. The molecule has 0 spiro atoms. The van der Waals surface area contributed by atoms with Gasteiger partial charge >= 0.3 is 17.9 Å². The van der Waals surface area contributed by atoms with Crippen LogP contribution < -0.4 is 0 Å². The molecule has 348 valence electrons. The minimum absolute atomic E-state index is 0.0202. The Balaban J connectivity index is 1.00. The van der Waals surface area contributed by atoms with Crippen LogP contribution in [0.1, 0.15) is 137 Å². The summed E-state index contributed by atoms with van der Waals surface area (Å²) in [6.07, 6.45) is 5.84. The standard InChI is InChI=1S/C56H70O9/c1-35(2)39-25-30-56(34-57)32-31-54(6)40(45(39)56)23-24-43-53(5)28-27-44(52(3,4)42(53)26-29-55(43,54)7)63-51-47(65-50(60)38-21-15-10-16-22-38)46(64-49(59)37-19-13-9-14-20-37)41(33-61-51)62-48(58)36-17-11-8-12-18-36/h8-22,39-47,51,57H,1,23-34H2,2-7H3/t39-,40+,41-,42-,43+,44-,45+,46-,47+,51-,53-,54+,55+,56+/m0/s1. The predicted molar refractivity (Wildman–Crippen MR) is 248 cm³/mol. The van der Waals surface area contributed by atoms with Gasteiger partial charge in [-0.1, -0.05) is 101 Å². The molecule has 1 N–H and O–H groups in total. The number of hydrogen-bond acceptors (Lipinski definition) is 9. The smallest absolute Gasteiger partial charge is 0.338 e. The second-order valence-electron chi connectivity index (χ2n) is 22.2. The SMILES string of the molecule is C=C(C)[C@@H]1CC[C@]2(CO)CC[C@]3(C)[C@H](CC[C@@H]4[C@@]5(C)CC[C@H](O[C@@H]6OC[C@H](OC(=O)c7ccccc7)[C@H](OC(=O)c7ccccc7)[C@H]6OC(=O)c6ccccc6)C(C)(C)[C@@H]5CC[C@]43C)[C@@H]12. The van der Waals surface area contributed by atoms with Crippen LogP contribution in [0.25, 0.3) is 0 Å². The van der Waals surface area contributed by atoms with Gasteiger partial charge in [0.05, 0.1) is 29.4 Å². The summed E-state index contributed by atoms with van der Waals surface area (Å²) < 4.78 is 32.3. The van der Waals surface area contributed by atoms with Gasteiger partial charge in [0, 0.05) is 6.61 Å². The number of esters is 3. The summed E-state index contributed by atoms with van der Waals surface area (Å²) >= 11 is 0. The van der Waals surface area contributed by atoms with Gasteiger partial charge in [-0.2, -0.15) is 0 Å². The maximum absolute atomic E-state index is 14.0. The Morgan fingerprint density at radius 2 is 1.22 bits per heavy atom. The Labute approximate surface area is 386 Å². The van der Waals surface area contributed by atoms with Crippen LogP contribution in [-0.2, 0) is 23.7 Å². The molecule has 0 radical (unpaired) electrons.